The fourth-order valence-electron chi connectivity index (χ4n) is 6.57. The Balaban J connectivity index is 1.55. The molecule has 4 rings (SSSR count). The van der Waals surface area contributed by atoms with E-state index < -0.39 is 71.7 Å². The molecule has 0 aliphatic carbocycles. The Hall–Kier alpha value is -6.80. The number of nitrogens with two attached hydrogens (primary N) is 5. The van der Waals surface area contributed by atoms with Crippen LogP contribution in [-0.4, -0.2) is 106 Å². The van der Waals surface area contributed by atoms with Crippen LogP contribution >= 0.6 is 0 Å². The lowest BCUT2D eigenvalue weighted by molar-refractivity contribution is -0.135. The van der Waals surface area contributed by atoms with Crippen LogP contribution < -0.4 is 55.3 Å². The van der Waals surface area contributed by atoms with Gasteiger partial charge in [0.05, 0.1) is 12.4 Å². The Morgan fingerprint density at radius 2 is 1.31 bits per heavy atom. The highest BCUT2D eigenvalue weighted by atomic mass is 16.2. The van der Waals surface area contributed by atoms with Gasteiger partial charge in [0.15, 0.2) is 5.96 Å². The van der Waals surface area contributed by atoms with E-state index >= 15 is 0 Å². The van der Waals surface area contributed by atoms with Gasteiger partial charge in [-0.2, -0.15) is 0 Å². The number of nitrogens with zero attached hydrogens (tertiary/aromatic N) is 2. The molecule has 17 N–H and O–H groups in total. The molecule has 0 saturated heterocycles. The minimum absolute atomic E-state index is 0.0113. The first-order valence-corrected chi connectivity index (χ1v) is 20.1. The molecule has 0 radical (unpaired) electrons. The molecule has 328 valence electrons. The van der Waals surface area contributed by atoms with E-state index in [4.69, 9.17) is 28.7 Å². The zero-order valence-corrected chi connectivity index (χ0v) is 34.2. The topological polar surface area (TPSA) is 349 Å². The van der Waals surface area contributed by atoms with E-state index in [0.717, 1.165) is 16.5 Å². The third kappa shape index (κ3) is 15.1. The van der Waals surface area contributed by atoms with Gasteiger partial charge in [0.2, 0.25) is 35.4 Å². The summed E-state index contributed by atoms with van der Waals surface area (Å²) in [6.07, 6.45) is 6.68. The first-order valence-electron chi connectivity index (χ1n) is 20.1. The third-order valence-electron chi connectivity index (χ3n) is 9.92. The monoisotopic (exact) mass is 842 g/mol. The minimum atomic E-state index is -1.26. The molecular formula is C41H58N14O6. The van der Waals surface area contributed by atoms with Crippen LogP contribution in [0.2, 0.25) is 0 Å². The summed E-state index contributed by atoms with van der Waals surface area (Å²) in [6, 6.07) is 9.56. The summed E-state index contributed by atoms with van der Waals surface area (Å²) >= 11 is 0. The van der Waals surface area contributed by atoms with Crippen LogP contribution in [0.15, 0.2) is 78.3 Å². The SMILES string of the molecule is C[C@H](NC(=O)[C@H](CCCN=C(N)N)NC(=O)[C@@H](N)Cc1cnc[nH]1)C(=O)N[C@@H](Cc1c[nH]c2ccccc12)C(=O)N[C@@H](Cc1ccccc1)C(=O)N[C@@H](CCCCN)C(N)=O. The predicted molar refractivity (Wildman–Crippen MR) is 230 cm³/mol. The third-order valence-corrected chi connectivity index (χ3v) is 9.92. The fourth-order valence-corrected chi connectivity index (χ4v) is 6.57. The van der Waals surface area contributed by atoms with Crippen molar-refractivity contribution >= 4 is 52.3 Å². The van der Waals surface area contributed by atoms with E-state index in [9.17, 15) is 28.8 Å². The second-order valence-electron chi connectivity index (χ2n) is 14.8. The molecule has 2 aromatic heterocycles. The highest BCUT2D eigenvalue weighted by Crippen LogP contribution is 2.20. The summed E-state index contributed by atoms with van der Waals surface area (Å²) in [7, 11) is 0. The molecule has 0 aliphatic rings. The Labute approximate surface area is 353 Å². The number of hydrogen-bond acceptors (Lipinski definition) is 10. The summed E-state index contributed by atoms with van der Waals surface area (Å²) < 4.78 is 0. The first-order chi connectivity index (χ1) is 29.2. The molecule has 0 fully saturated rings. The number of nitrogens with one attached hydrogen (secondary N) is 7. The molecule has 2 aromatic carbocycles. The molecule has 20 heteroatoms. The van der Waals surface area contributed by atoms with Gasteiger partial charge in [0, 0.05) is 54.8 Å². The summed E-state index contributed by atoms with van der Waals surface area (Å²) in [4.78, 5) is 95.1. The zero-order chi connectivity index (χ0) is 44.3. The Kier molecular flexibility index (Phi) is 18.2. The summed E-state index contributed by atoms with van der Waals surface area (Å²) in [6.45, 7) is 2.00. The molecule has 0 aliphatic heterocycles. The maximum Gasteiger partial charge on any atom is 0.243 e. The van der Waals surface area contributed by atoms with Crippen molar-refractivity contribution in [2.45, 2.75) is 94.5 Å². The van der Waals surface area contributed by atoms with Crippen LogP contribution in [-0.2, 0) is 48.0 Å². The highest BCUT2D eigenvalue weighted by Gasteiger charge is 2.32. The van der Waals surface area contributed by atoms with E-state index in [1.165, 1.54) is 19.4 Å². The number of para-hydroxylation sites is 1. The second kappa shape index (κ2) is 23.7. The van der Waals surface area contributed by atoms with Crippen LogP contribution in [0.1, 0.15) is 55.8 Å². The quantitative estimate of drug-likeness (QED) is 0.0204. The number of imidazole rings is 1. The highest BCUT2D eigenvalue weighted by molar-refractivity contribution is 5.97. The van der Waals surface area contributed by atoms with Crippen LogP contribution in [0.25, 0.3) is 10.9 Å². The number of amides is 6. The van der Waals surface area contributed by atoms with Crippen molar-refractivity contribution in [3.05, 3.63) is 90.1 Å². The molecule has 0 saturated carbocycles. The normalized spacial score (nSPS) is 14.0. The standard InChI is InChI=1S/C41H58N14O6/c1-24(51-38(59)32(15-9-17-48-41(45)46)53-37(58)29(43)20-27-22-47-23-50-27)36(57)54-34(19-26-21-49-30-13-6-5-12-28(26)30)40(61)55-33(18-25-10-3-2-4-11-25)39(60)52-31(35(44)56)14-7-8-16-42/h2-6,10-13,21-24,29,31-34,49H,7-9,14-20,42-43H2,1H3,(H2,44,56)(H,47,50)(H,51,59)(H,52,60)(H,53,58)(H,54,57)(H,55,61)(H4,45,46,48)/t24-,29-,31-,32-,33-,34-/m0/s1. The second-order valence-corrected chi connectivity index (χ2v) is 14.8. The molecule has 6 amide bonds. The summed E-state index contributed by atoms with van der Waals surface area (Å²) in [5, 5.41) is 14.3. The average Bonchev–Trinajstić information content (AvgIpc) is 3.91. The van der Waals surface area contributed by atoms with E-state index in [0.29, 0.717) is 37.1 Å². The lowest BCUT2D eigenvalue weighted by Gasteiger charge is -2.26. The Morgan fingerprint density at radius 3 is 1.98 bits per heavy atom. The average molecular weight is 843 g/mol. The van der Waals surface area contributed by atoms with Gasteiger partial charge in [-0.3, -0.25) is 33.8 Å². The number of H-pyrrole nitrogens is 2. The van der Waals surface area contributed by atoms with E-state index in [2.05, 4.69) is 46.5 Å². The molecular weight excluding hydrogens is 785 g/mol. The summed E-state index contributed by atoms with van der Waals surface area (Å²) in [5.41, 5.74) is 31.1. The summed E-state index contributed by atoms with van der Waals surface area (Å²) in [5.74, 6) is -4.26. The number of unbranched alkanes of at least 4 members (excludes halogenated alkanes) is 1. The van der Waals surface area contributed by atoms with Crippen molar-refractivity contribution in [1.29, 1.82) is 0 Å². The lowest BCUT2D eigenvalue weighted by atomic mass is 10.0. The number of guanidine groups is 1. The molecule has 0 spiro atoms. The van der Waals surface area contributed by atoms with Crippen molar-refractivity contribution in [2.24, 2.45) is 33.7 Å². The van der Waals surface area contributed by atoms with E-state index in [-0.39, 0.29) is 44.6 Å². The van der Waals surface area contributed by atoms with E-state index in [1.54, 1.807) is 30.5 Å². The van der Waals surface area contributed by atoms with Gasteiger partial charge >= 0.3 is 0 Å². The molecule has 0 unspecified atom stereocenters. The maximum absolute atomic E-state index is 14.3. The minimum Gasteiger partial charge on any atom is -0.370 e. The van der Waals surface area contributed by atoms with Gasteiger partial charge in [-0.15, -0.1) is 0 Å². The molecule has 0 bridgehead atoms. The van der Waals surface area contributed by atoms with Crippen LogP contribution in [0.4, 0.5) is 0 Å². The predicted octanol–water partition coefficient (Wildman–Crippen LogP) is -1.64. The molecule has 6 atom stereocenters. The number of primary amides is 1. The van der Waals surface area contributed by atoms with Gasteiger partial charge in [-0.25, -0.2) is 4.98 Å². The van der Waals surface area contributed by atoms with Crippen LogP contribution in [0, 0.1) is 0 Å². The van der Waals surface area contributed by atoms with Gasteiger partial charge in [0.1, 0.15) is 30.2 Å². The molecule has 61 heavy (non-hydrogen) atoms. The number of carbonyl (C=O) groups excluding carboxylic acids is 6. The van der Waals surface area contributed by atoms with Gasteiger partial charge in [-0.05, 0) is 62.8 Å². The van der Waals surface area contributed by atoms with Gasteiger partial charge < -0.3 is 65.2 Å². The lowest BCUT2D eigenvalue weighted by Crippen LogP contribution is -2.59. The van der Waals surface area contributed by atoms with Gasteiger partial charge in [-0.1, -0.05) is 48.5 Å². The van der Waals surface area contributed by atoms with Crippen molar-refractivity contribution < 1.29 is 28.8 Å². The number of aromatic amines is 2. The number of carbonyl (C=O) groups is 6. The Morgan fingerprint density at radius 1 is 0.689 bits per heavy atom. The number of aliphatic imine (C=N–C) groups is 1. The molecule has 20 nitrogen and oxygen atoms in total. The maximum atomic E-state index is 14.3. The van der Waals surface area contributed by atoms with Crippen molar-refractivity contribution in [1.82, 2.24) is 41.5 Å². The van der Waals surface area contributed by atoms with E-state index in [1.807, 2.05) is 30.3 Å². The molecule has 2 heterocycles. The number of aromatic nitrogens is 3. The fraction of sp³-hybridized carbons (Fsp3) is 0.415. The zero-order valence-electron chi connectivity index (χ0n) is 34.2. The van der Waals surface area contributed by atoms with Crippen molar-refractivity contribution in [3.8, 4) is 0 Å². The number of rotatable bonds is 25. The number of hydrogen-bond donors (Lipinski definition) is 12. The van der Waals surface area contributed by atoms with Crippen molar-refractivity contribution in [2.75, 3.05) is 13.1 Å². The Bertz CT molecular complexity index is 2090. The smallest absolute Gasteiger partial charge is 0.243 e. The van der Waals surface area contributed by atoms with Gasteiger partial charge in [0.25, 0.3) is 0 Å². The largest absolute Gasteiger partial charge is 0.370 e. The van der Waals surface area contributed by atoms with Crippen LogP contribution in [0.3, 0.4) is 0 Å². The molecule has 4 aromatic rings. The number of benzene rings is 2. The van der Waals surface area contributed by atoms with Crippen LogP contribution in [0.5, 0.6) is 0 Å². The number of fused-ring (bicyclic) bond motifs is 1. The first kappa shape index (κ1) is 46.9. The van der Waals surface area contributed by atoms with Crippen molar-refractivity contribution in [3.63, 3.8) is 0 Å².